The second-order valence-corrected chi connectivity index (χ2v) is 4.82. The number of benzene rings is 2. The topological polar surface area (TPSA) is 148 Å². The molecule has 24 heavy (non-hydrogen) atoms. The van der Waals surface area contributed by atoms with E-state index in [2.05, 4.69) is 15.2 Å². The van der Waals surface area contributed by atoms with E-state index in [0.29, 0.717) is 11.8 Å². The van der Waals surface area contributed by atoms with Gasteiger partial charge in [-0.25, -0.2) is 0 Å². The third-order valence-electron chi connectivity index (χ3n) is 3.29. The summed E-state index contributed by atoms with van der Waals surface area (Å²) in [5.74, 6) is -0.682. The number of hydrogen-bond acceptors (Lipinski definition) is 7. The number of aromatic nitrogens is 2. The summed E-state index contributed by atoms with van der Waals surface area (Å²) in [5.41, 5.74) is -0.0781. The molecule has 3 aromatic rings. The summed E-state index contributed by atoms with van der Waals surface area (Å²) in [4.78, 5) is 24.2. The number of nitro groups is 2. The van der Waals surface area contributed by atoms with Crippen LogP contribution in [0.1, 0.15) is 5.56 Å². The Labute approximate surface area is 133 Å². The number of fused-ring (bicyclic) bond motifs is 1. The third kappa shape index (κ3) is 2.75. The van der Waals surface area contributed by atoms with Gasteiger partial charge >= 0.3 is 5.69 Å². The number of hydrogen-bond donors (Lipinski definition) is 2. The quantitative estimate of drug-likeness (QED) is 0.427. The zero-order valence-electron chi connectivity index (χ0n) is 11.9. The SMILES string of the molecule is O=[N+]([O-])c1cc(C=Nc2ccc3[nH]ncc3c2)c(O)c([N+](=O)[O-])c1. The molecule has 0 aliphatic heterocycles. The van der Waals surface area contributed by atoms with Crippen molar-refractivity contribution in [2.24, 2.45) is 4.99 Å². The normalized spacial score (nSPS) is 11.2. The zero-order chi connectivity index (χ0) is 17.3. The van der Waals surface area contributed by atoms with Crippen LogP contribution in [-0.4, -0.2) is 31.4 Å². The lowest BCUT2D eigenvalue weighted by Crippen LogP contribution is -1.96. The molecule has 0 fully saturated rings. The molecule has 1 heterocycles. The molecule has 2 N–H and O–H groups in total. The predicted octanol–water partition coefficient (Wildman–Crippen LogP) is 2.84. The molecule has 0 aliphatic rings. The maximum Gasteiger partial charge on any atom is 0.318 e. The summed E-state index contributed by atoms with van der Waals surface area (Å²) in [7, 11) is 0. The Morgan fingerprint density at radius 3 is 2.67 bits per heavy atom. The molecule has 0 saturated carbocycles. The Kier molecular flexibility index (Phi) is 3.62. The number of aromatic hydroxyl groups is 1. The number of aliphatic imine (C=N–C) groups is 1. The van der Waals surface area contributed by atoms with Crippen LogP contribution in [0.3, 0.4) is 0 Å². The van der Waals surface area contributed by atoms with Gasteiger partial charge in [0, 0.05) is 23.2 Å². The van der Waals surface area contributed by atoms with Crippen molar-refractivity contribution in [3.63, 3.8) is 0 Å². The molecule has 0 aliphatic carbocycles. The van der Waals surface area contributed by atoms with Crippen molar-refractivity contribution in [3.8, 4) is 5.75 Å². The minimum absolute atomic E-state index is 0.122. The number of aromatic amines is 1. The number of phenols is 1. The first-order valence-corrected chi connectivity index (χ1v) is 6.58. The summed E-state index contributed by atoms with van der Waals surface area (Å²) in [6, 6.07) is 6.83. The summed E-state index contributed by atoms with van der Waals surface area (Å²) < 4.78 is 0. The standard InChI is InChI=1S/C14H9N5O5/c20-14-9(4-11(18(21)22)5-13(14)19(23)24)6-15-10-1-2-12-8(3-10)7-16-17-12/h1-7,20H,(H,16,17). The molecule has 0 atom stereocenters. The van der Waals surface area contributed by atoms with Gasteiger partial charge in [-0.05, 0) is 18.2 Å². The first-order valence-electron chi connectivity index (χ1n) is 6.58. The number of nitro benzene ring substituents is 2. The largest absolute Gasteiger partial charge is 0.502 e. The zero-order valence-corrected chi connectivity index (χ0v) is 11.9. The lowest BCUT2D eigenvalue weighted by molar-refractivity contribution is -0.394. The van der Waals surface area contributed by atoms with Gasteiger partial charge in [-0.2, -0.15) is 5.10 Å². The molecule has 0 unspecified atom stereocenters. The Hall–Kier alpha value is -3.82. The van der Waals surface area contributed by atoms with Gasteiger partial charge in [0.25, 0.3) is 5.69 Å². The van der Waals surface area contributed by atoms with E-state index in [0.717, 1.165) is 23.2 Å². The summed E-state index contributed by atoms with van der Waals surface area (Å²) in [6.07, 6.45) is 2.74. The molecule has 0 radical (unpaired) electrons. The molecule has 0 amide bonds. The fourth-order valence-electron chi connectivity index (χ4n) is 2.12. The van der Waals surface area contributed by atoms with E-state index in [1.54, 1.807) is 24.4 Å². The Morgan fingerprint density at radius 2 is 1.96 bits per heavy atom. The van der Waals surface area contributed by atoms with E-state index in [-0.39, 0.29) is 5.56 Å². The summed E-state index contributed by atoms with van der Waals surface area (Å²) in [6.45, 7) is 0. The van der Waals surface area contributed by atoms with Crippen LogP contribution in [-0.2, 0) is 0 Å². The lowest BCUT2D eigenvalue weighted by Gasteiger charge is -2.01. The molecule has 3 rings (SSSR count). The first kappa shape index (κ1) is 15.1. The number of phenolic OH excluding ortho intramolecular Hbond substituents is 1. The van der Waals surface area contributed by atoms with Crippen molar-refractivity contribution in [1.29, 1.82) is 0 Å². The number of H-pyrrole nitrogens is 1. The Bertz CT molecular complexity index is 994. The number of nitrogens with zero attached hydrogens (tertiary/aromatic N) is 4. The van der Waals surface area contributed by atoms with Crippen molar-refractivity contribution in [2.45, 2.75) is 0 Å². The monoisotopic (exact) mass is 327 g/mol. The van der Waals surface area contributed by atoms with Gasteiger partial charge in [-0.15, -0.1) is 0 Å². The molecule has 0 bridgehead atoms. The van der Waals surface area contributed by atoms with Gasteiger partial charge in [0.1, 0.15) is 0 Å². The first-order chi connectivity index (χ1) is 11.5. The molecule has 10 heteroatoms. The average Bonchev–Trinajstić information content (AvgIpc) is 3.01. The minimum Gasteiger partial charge on any atom is -0.502 e. The summed E-state index contributed by atoms with van der Waals surface area (Å²) >= 11 is 0. The number of nitrogens with one attached hydrogen (secondary N) is 1. The Balaban J connectivity index is 2.04. The molecule has 120 valence electrons. The minimum atomic E-state index is -0.892. The highest BCUT2D eigenvalue weighted by molar-refractivity contribution is 5.90. The van der Waals surface area contributed by atoms with E-state index in [1.165, 1.54) is 0 Å². The van der Waals surface area contributed by atoms with E-state index in [1.807, 2.05) is 0 Å². The highest BCUT2D eigenvalue weighted by atomic mass is 16.6. The van der Waals surface area contributed by atoms with Crippen molar-refractivity contribution in [1.82, 2.24) is 10.2 Å². The molecule has 0 spiro atoms. The van der Waals surface area contributed by atoms with Crippen LogP contribution in [0.15, 0.2) is 41.5 Å². The van der Waals surface area contributed by atoms with Crippen LogP contribution in [0.5, 0.6) is 5.75 Å². The van der Waals surface area contributed by atoms with Crippen LogP contribution in [0.4, 0.5) is 17.1 Å². The lowest BCUT2D eigenvalue weighted by atomic mass is 10.1. The third-order valence-corrected chi connectivity index (χ3v) is 3.29. The highest BCUT2D eigenvalue weighted by Crippen LogP contribution is 2.33. The smallest absolute Gasteiger partial charge is 0.318 e. The van der Waals surface area contributed by atoms with Crippen LogP contribution in [0.25, 0.3) is 10.9 Å². The van der Waals surface area contributed by atoms with E-state index >= 15 is 0 Å². The molecule has 2 aromatic carbocycles. The van der Waals surface area contributed by atoms with Crippen LogP contribution in [0, 0.1) is 20.2 Å². The number of rotatable bonds is 4. The second kappa shape index (κ2) is 5.76. The molecule has 10 nitrogen and oxygen atoms in total. The molecule has 0 saturated heterocycles. The van der Waals surface area contributed by atoms with Gasteiger partial charge in [-0.1, -0.05) is 0 Å². The number of non-ortho nitro benzene ring substituents is 1. The van der Waals surface area contributed by atoms with Crippen LogP contribution in [0.2, 0.25) is 0 Å². The molecular formula is C14H9N5O5. The van der Waals surface area contributed by atoms with Crippen molar-refractivity contribution in [3.05, 3.63) is 62.3 Å². The maximum atomic E-state index is 10.9. The van der Waals surface area contributed by atoms with E-state index < -0.39 is 27.0 Å². The van der Waals surface area contributed by atoms with E-state index in [4.69, 9.17) is 0 Å². The fourth-order valence-corrected chi connectivity index (χ4v) is 2.12. The maximum absolute atomic E-state index is 10.9. The summed E-state index contributed by atoms with van der Waals surface area (Å²) in [5, 5.41) is 39.1. The average molecular weight is 327 g/mol. The van der Waals surface area contributed by atoms with Gasteiger partial charge < -0.3 is 5.11 Å². The second-order valence-electron chi connectivity index (χ2n) is 4.82. The van der Waals surface area contributed by atoms with Crippen LogP contribution < -0.4 is 0 Å². The Morgan fingerprint density at radius 1 is 1.17 bits per heavy atom. The van der Waals surface area contributed by atoms with Crippen molar-refractivity contribution in [2.75, 3.05) is 0 Å². The van der Waals surface area contributed by atoms with Crippen molar-refractivity contribution < 1.29 is 15.0 Å². The van der Waals surface area contributed by atoms with E-state index in [9.17, 15) is 25.3 Å². The van der Waals surface area contributed by atoms with Crippen molar-refractivity contribution >= 4 is 34.2 Å². The highest BCUT2D eigenvalue weighted by Gasteiger charge is 2.22. The molecule has 1 aromatic heterocycles. The van der Waals surface area contributed by atoms with Gasteiger partial charge in [-0.3, -0.25) is 30.3 Å². The predicted molar refractivity (Wildman–Crippen MR) is 84.8 cm³/mol. The van der Waals surface area contributed by atoms with Gasteiger partial charge in [0.15, 0.2) is 0 Å². The van der Waals surface area contributed by atoms with Gasteiger partial charge in [0.2, 0.25) is 5.75 Å². The fraction of sp³-hybridized carbons (Fsp3) is 0. The van der Waals surface area contributed by atoms with Gasteiger partial charge in [0.05, 0.1) is 33.3 Å². The van der Waals surface area contributed by atoms with Crippen LogP contribution >= 0.6 is 0 Å². The molecular weight excluding hydrogens is 318 g/mol.